The van der Waals surface area contributed by atoms with Crippen molar-refractivity contribution in [2.75, 3.05) is 39.9 Å². The van der Waals surface area contributed by atoms with Crippen LogP contribution in [0.5, 0.6) is 0 Å². The van der Waals surface area contributed by atoms with Gasteiger partial charge in [-0.1, -0.05) is 24.3 Å². The van der Waals surface area contributed by atoms with Gasteiger partial charge in [-0.2, -0.15) is 0 Å². The Kier molecular flexibility index (Phi) is 3.81. The maximum absolute atomic E-state index is 13.2. The minimum absolute atomic E-state index is 0.0570. The van der Waals surface area contributed by atoms with Gasteiger partial charge in [-0.05, 0) is 30.4 Å². The van der Waals surface area contributed by atoms with Crippen molar-refractivity contribution < 1.29 is 19.4 Å². The van der Waals surface area contributed by atoms with E-state index in [0.29, 0.717) is 13.1 Å². The molecule has 24 heavy (non-hydrogen) atoms. The van der Waals surface area contributed by atoms with Crippen LogP contribution in [0.1, 0.15) is 24.0 Å². The quantitative estimate of drug-likeness (QED) is 0.557. The van der Waals surface area contributed by atoms with Crippen LogP contribution in [0, 0.1) is 0 Å². The highest BCUT2D eigenvalue weighted by Crippen LogP contribution is 2.39. The first kappa shape index (κ1) is 15.6. The topological polar surface area (TPSA) is 58.3 Å². The highest BCUT2D eigenvalue weighted by atomic mass is 16.2. The van der Waals surface area contributed by atoms with Crippen LogP contribution in [-0.2, 0) is 16.8 Å². The second-order valence-corrected chi connectivity index (χ2v) is 7.44. The van der Waals surface area contributed by atoms with E-state index in [1.54, 1.807) is 0 Å². The van der Waals surface area contributed by atoms with Crippen LogP contribution >= 0.6 is 0 Å². The van der Waals surface area contributed by atoms with Crippen molar-refractivity contribution in [3.05, 3.63) is 35.4 Å². The summed E-state index contributed by atoms with van der Waals surface area (Å²) in [4.78, 5) is 30.1. The molecule has 2 aliphatic heterocycles. The maximum Gasteiger partial charge on any atom is 0.329 e. The molecule has 1 aliphatic carbocycles. The summed E-state index contributed by atoms with van der Waals surface area (Å²) in [5.41, 5.74) is 1.35. The number of piperazine rings is 1. The molecule has 3 N–H and O–H groups in total. The molecular formula is C18H26N4O2+2. The lowest BCUT2D eigenvalue weighted by Crippen LogP contribution is -3.27. The first-order valence-corrected chi connectivity index (χ1v) is 8.97. The normalized spacial score (nSPS) is 32.8. The highest BCUT2D eigenvalue weighted by molar-refractivity contribution is 6.07. The fourth-order valence-electron chi connectivity index (χ4n) is 4.37. The third-order valence-electron chi connectivity index (χ3n) is 5.84. The lowest BCUT2D eigenvalue weighted by atomic mass is 9.76. The molecule has 128 valence electrons. The van der Waals surface area contributed by atoms with Gasteiger partial charge in [-0.3, -0.25) is 4.79 Å². The number of carbonyl (C=O) groups is 2. The third-order valence-corrected chi connectivity index (χ3v) is 5.84. The number of rotatable bonds is 2. The largest absolute Gasteiger partial charge is 0.329 e. The Labute approximate surface area is 142 Å². The summed E-state index contributed by atoms with van der Waals surface area (Å²) in [7, 11) is 2.19. The van der Waals surface area contributed by atoms with Gasteiger partial charge in [0.1, 0.15) is 31.7 Å². The van der Waals surface area contributed by atoms with E-state index in [9.17, 15) is 9.59 Å². The number of hydrogen-bond acceptors (Lipinski definition) is 2. The molecule has 6 nitrogen and oxygen atoms in total. The smallest absolute Gasteiger partial charge is 0.328 e. The van der Waals surface area contributed by atoms with E-state index in [1.807, 2.05) is 18.2 Å². The fraction of sp³-hybridized carbons (Fsp3) is 0.556. The van der Waals surface area contributed by atoms with Crippen LogP contribution in [-0.4, -0.2) is 56.7 Å². The van der Waals surface area contributed by atoms with Crippen molar-refractivity contribution >= 4 is 11.9 Å². The average molecular weight is 330 g/mol. The van der Waals surface area contributed by atoms with E-state index in [4.69, 9.17) is 0 Å². The molecule has 1 aromatic rings. The van der Waals surface area contributed by atoms with Crippen molar-refractivity contribution in [2.24, 2.45) is 0 Å². The van der Waals surface area contributed by atoms with Crippen molar-refractivity contribution in [3.8, 4) is 0 Å². The van der Waals surface area contributed by atoms with Crippen LogP contribution in [0.25, 0.3) is 0 Å². The summed E-state index contributed by atoms with van der Waals surface area (Å²) in [6.07, 6.45) is 2.61. The number of nitrogens with one attached hydrogen (secondary N) is 3. The van der Waals surface area contributed by atoms with Crippen LogP contribution in [0.2, 0.25) is 0 Å². The zero-order chi connectivity index (χ0) is 16.7. The number of carbonyl (C=O) groups excluding carboxylic acids is 2. The number of amides is 3. The monoisotopic (exact) mass is 330 g/mol. The molecular weight excluding hydrogens is 304 g/mol. The van der Waals surface area contributed by atoms with Gasteiger partial charge in [0.15, 0.2) is 6.67 Å². The molecule has 0 unspecified atom stereocenters. The number of quaternary nitrogens is 2. The number of nitrogens with zero attached hydrogens (tertiary/aromatic N) is 1. The summed E-state index contributed by atoms with van der Waals surface area (Å²) in [5, 5.41) is 3.04. The predicted molar refractivity (Wildman–Crippen MR) is 88.6 cm³/mol. The second kappa shape index (κ2) is 5.86. The van der Waals surface area contributed by atoms with Gasteiger partial charge in [0.2, 0.25) is 0 Å². The van der Waals surface area contributed by atoms with Crippen LogP contribution < -0.4 is 15.1 Å². The van der Waals surface area contributed by atoms with E-state index >= 15 is 0 Å². The lowest BCUT2D eigenvalue weighted by molar-refractivity contribution is -1.01. The van der Waals surface area contributed by atoms with E-state index < -0.39 is 5.54 Å². The van der Waals surface area contributed by atoms with Crippen LogP contribution in [0.3, 0.4) is 0 Å². The standard InChI is InChI=1S/C18H24N4O2/c1-20-9-11-21(12-10-20)13-22-16(23)18(19-17(22)24)8-4-6-14-5-2-3-7-15(14)18/h2-3,5,7H,4,6,8-13H2,1H3,(H,19,24)/p+2/t18-/m0/s1. The van der Waals surface area contributed by atoms with Gasteiger partial charge in [0.25, 0.3) is 5.91 Å². The maximum atomic E-state index is 13.2. The summed E-state index contributed by atoms with van der Waals surface area (Å²) in [6, 6.07) is 7.82. The number of benzene rings is 1. The summed E-state index contributed by atoms with van der Waals surface area (Å²) in [5.74, 6) is -0.0570. The fourth-order valence-corrected chi connectivity index (χ4v) is 4.37. The van der Waals surface area contributed by atoms with Gasteiger partial charge < -0.3 is 15.1 Å². The third kappa shape index (κ3) is 2.41. The Bertz CT molecular complexity index is 669. The number of fused-ring (bicyclic) bond motifs is 2. The molecule has 1 spiro atoms. The van der Waals surface area contributed by atoms with Gasteiger partial charge in [-0.15, -0.1) is 0 Å². The van der Waals surface area contributed by atoms with Crippen molar-refractivity contribution in [2.45, 2.75) is 24.8 Å². The van der Waals surface area contributed by atoms with Crippen molar-refractivity contribution in [1.29, 1.82) is 0 Å². The molecule has 2 fully saturated rings. The molecule has 0 radical (unpaired) electrons. The van der Waals surface area contributed by atoms with Crippen molar-refractivity contribution in [3.63, 3.8) is 0 Å². The van der Waals surface area contributed by atoms with E-state index in [0.717, 1.165) is 44.6 Å². The first-order chi connectivity index (χ1) is 11.6. The van der Waals surface area contributed by atoms with Crippen molar-refractivity contribution in [1.82, 2.24) is 10.2 Å². The van der Waals surface area contributed by atoms with Gasteiger partial charge in [0, 0.05) is 0 Å². The molecule has 6 heteroatoms. The van der Waals surface area contributed by atoms with E-state index in [-0.39, 0.29) is 11.9 Å². The molecule has 4 rings (SSSR count). The van der Waals surface area contributed by atoms with Crippen LogP contribution in [0.15, 0.2) is 24.3 Å². The number of imide groups is 1. The number of hydrogen-bond donors (Lipinski definition) is 3. The van der Waals surface area contributed by atoms with Gasteiger partial charge in [0.05, 0.1) is 7.05 Å². The Hall–Kier alpha value is -1.92. The molecule has 0 aromatic heterocycles. The van der Waals surface area contributed by atoms with E-state index in [2.05, 4.69) is 18.4 Å². The minimum atomic E-state index is -0.830. The number of urea groups is 1. The molecule has 1 aromatic carbocycles. The Morgan fingerprint density at radius 2 is 1.92 bits per heavy atom. The highest BCUT2D eigenvalue weighted by Gasteiger charge is 2.54. The second-order valence-electron chi connectivity index (χ2n) is 7.44. The van der Waals surface area contributed by atoms with Gasteiger partial charge in [-0.25, -0.2) is 9.69 Å². The minimum Gasteiger partial charge on any atom is -0.328 e. The Morgan fingerprint density at radius 1 is 1.17 bits per heavy atom. The summed E-state index contributed by atoms with van der Waals surface area (Å²) < 4.78 is 0. The zero-order valence-corrected chi connectivity index (χ0v) is 14.2. The molecule has 0 saturated carbocycles. The summed E-state index contributed by atoms with van der Waals surface area (Å²) in [6.45, 7) is 4.68. The van der Waals surface area contributed by atoms with E-state index in [1.165, 1.54) is 20.3 Å². The van der Waals surface area contributed by atoms with Gasteiger partial charge >= 0.3 is 6.03 Å². The SMILES string of the molecule is C[NH+]1CC[NH+](CN2C(=O)N[C@]3(CCCc4ccccc43)C2=O)CC1. The number of likely N-dealkylation sites (N-methyl/N-ethyl adjacent to an activating group) is 1. The predicted octanol–water partition coefficient (Wildman–Crippen LogP) is -1.86. The molecule has 3 amide bonds. The summed E-state index contributed by atoms with van der Waals surface area (Å²) >= 11 is 0. The Morgan fingerprint density at radius 3 is 2.71 bits per heavy atom. The van der Waals surface area contributed by atoms with Crippen LogP contribution in [0.4, 0.5) is 4.79 Å². The molecule has 3 aliphatic rings. The number of aryl methyl sites for hydroxylation is 1. The zero-order valence-electron chi connectivity index (χ0n) is 14.2. The molecule has 0 bridgehead atoms. The first-order valence-electron chi connectivity index (χ1n) is 8.97. The lowest BCUT2D eigenvalue weighted by Gasteiger charge is -2.33. The molecule has 1 atom stereocenters. The Balaban J connectivity index is 1.58. The molecule has 2 heterocycles. The average Bonchev–Trinajstić information content (AvgIpc) is 2.82. The molecule has 2 saturated heterocycles.